The topological polar surface area (TPSA) is 84.2 Å². The van der Waals surface area contributed by atoms with E-state index >= 15 is 0 Å². The molecular formula is C12H21N3O2S. The van der Waals surface area contributed by atoms with Gasteiger partial charge in [0.1, 0.15) is 0 Å². The predicted molar refractivity (Wildman–Crippen MR) is 73.8 cm³/mol. The van der Waals surface area contributed by atoms with Crippen LogP contribution in [0.1, 0.15) is 25.0 Å². The van der Waals surface area contributed by atoms with E-state index in [1.807, 2.05) is 13.8 Å². The van der Waals surface area contributed by atoms with E-state index in [0.29, 0.717) is 28.3 Å². The number of hydrogen-bond donors (Lipinski definition) is 3. The third-order valence-electron chi connectivity index (χ3n) is 2.58. The van der Waals surface area contributed by atoms with Crippen molar-refractivity contribution in [3.05, 3.63) is 23.3 Å². The van der Waals surface area contributed by atoms with Gasteiger partial charge in [-0.3, -0.25) is 5.84 Å². The zero-order chi connectivity index (χ0) is 13.9. The van der Waals surface area contributed by atoms with Crippen molar-refractivity contribution in [1.29, 1.82) is 0 Å². The van der Waals surface area contributed by atoms with Crippen LogP contribution in [-0.2, 0) is 10.0 Å². The van der Waals surface area contributed by atoms with Crippen molar-refractivity contribution in [3.63, 3.8) is 0 Å². The third-order valence-corrected chi connectivity index (χ3v) is 4.31. The first-order valence-electron chi connectivity index (χ1n) is 5.85. The Labute approximate surface area is 109 Å². The molecule has 6 heteroatoms. The van der Waals surface area contributed by atoms with Crippen LogP contribution in [0.3, 0.4) is 0 Å². The number of nitrogens with two attached hydrogens (primary N) is 1. The van der Waals surface area contributed by atoms with Crippen molar-refractivity contribution in [1.82, 2.24) is 4.72 Å². The zero-order valence-corrected chi connectivity index (χ0v) is 12.1. The highest BCUT2D eigenvalue weighted by Gasteiger charge is 2.20. The van der Waals surface area contributed by atoms with Gasteiger partial charge in [-0.05, 0) is 43.0 Å². The second kappa shape index (κ2) is 5.69. The summed E-state index contributed by atoms with van der Waals surface area (Å²) in [5.74, 6) is 5.60. The second-order valence-corrected chi connectivity index (χ2v) is 6.53. The summed E-state index contributed by atoms with van der Waals surface area (Å²) in [5.41, 5.74) is 4.58. The summed E-state index contributed by atoms with van der Waals surface area (Å²) in [5, 5.41) is 0. The van der Waals surface area contributed by atoms with E-state index in [9.17, 15) is 8.42 Å². The first-order valence-corrected chi connectivity index (χ1v) is 7.33. The molecule has 0 aliphatic carbocycles. The molecule has 1 aromatic carbocycles. The molecule has 0 radical (unpaired) electrons. The van der Waals surface area contributed by atoms with Crippen LogP contribution in [0.4, 0.5) is 5.69 Å². The Morgan fingerprint density at radius 3 is 2.11 bits per heavy atom. The molecule has 0 bridgehead atoms. The van der Waals surface area contributed by atoms with Crippen LogP contribution in [0.15, 0.2) is 17.0 Å². The maximum atomic E-state index is 12.2. The summed E-state index contributed by atoms with van der Waals surface area (Å²) in [4.78, 5) is 0.335. The highest BCUT2D eigenvalue weighted by atomic mass is 32.2. The van der Waals surface area contributed by atoms with Crippen LogP contribution in [0.2, 0.25) is 0 Å². The normalized spacial score (nSPS) is 11.9. The molecule has 102 valence electrons. The molecule has 4 N–H and O–H groups in total. The Balaban J connectivity index is 3.17. The standard InChI is InChI=1S/C12H21N3O2S/c1-8(2)7-14-18(16,17)12-9(3)5-11(15-13)6-10(12)4/h5-6,8,14-15H,7,13H2,1-4H3. The number of hydrogen-bond acceptors (Lipinski definition) is 4. The largest absolute Gasteiger partial charge is 0.324 e. The molecule has 0 spiro atoms. The van der Waals surface area contributed by atoms with Gasteiger partial charge in [0.25, 0.3) is 0 Å². The number of sulfonamides is 1. The molecule has 1 rings (SSSR count). The lowest BCUT2D eigenvalue weighted by atomic mass is 10.1. The van der Waals surface area contributed by atoms with E-state index in [0.717, 1.165) is 0 Å². The summed E-state index contributed by atoms with van der Waals surface area (Å²) >= 11 is 0. The Morgan fingerprint density at radius 1 is 1.22 bits per heavy atom. The van der Waals surface area contributed by atoms with E-state index in [1.54, 1.807) is 26.0 Å². The van der Waals surface area contributed by atoms with Crippen LogP contribution in [0.5, 0.6) is 0 Å². The van der Waals surface area contributed by atoms with Crippen molar-refractivity contribution in [2.75, 3.05) is 12.0 Å². The number of nitrogens with one attached hydrogen (secondary N) is 2. The number of aryl methyl sites for hydroxylation is 2. The number of benzene rings is 1. The molecule has 1 aromatic rings. The molecule has 0 heterocycles. The molecule has 0 unspecified atom stereocenters. The second-order valence-electron chi connectivity index (χ2n) is 4.83. The summed E-state index contributed by atoms with van der Waals surface area (Å²) in [6.07, 6.45) is 0. The molecule has 0 fully saturated rings. The highest BCUT2D eigenvalue weighted by molar-refractivity contribution is 7.89. The third kappa shape index (κ3) is 3.44. The van der Waals surface area contributed by atoms with Crippen molar-refractivity contribution < 1.29 is 8.42 Å². The van der Waals surface area contributed by atoms with Crippen molar-refractivity contribution >= 4 is 15.7 Å². The maximum Gasteiger partial charge on any atom is 0.241 e. The average molecular weight is 271 g/mol. The quantitative estimate of drug-likeness (QED) is 0.560. The van der Waals surface area contributed by atoms with Gasteiger partial charge in [0, 0.05) is 12.2 Å². The minimum absolute atomic E-state index is 0.269. The lowest BCUT2D eigenvalue weighted by Crippen LogP contribution is -2.28. The number of anilines is 1. The summed E-state index contributed by atoms with van der Waals surface area (Å²) < 4.78 is 27.0. The van der Waals surface area contributed by atoms with Gasteiger partial charge in [-0.1, -0.05) is 13.8 Å². The van der Waals surface area contributed by atoms with Crippen molar-refractivity contribution in [3.8, 4) is 0 Å². The summed E-state index contributed by atoms with van der Waals surface area (Å²) in [6, 6.07) is 3.44. The van der Waals surface area contributed by atoms with Gasteiger partial charge in [-0.25, -0.2) is 13.1 Å². The zero-order valence-electron chi connectivity index (χ0n) is 11.2. The molecule has 0 atom stereocenters. The number of hydrazine groups is 1. The summed E-state index contributed by atoms with van der Waals surface area (Å²) in [7, 11) is -3.46. The van der Waals surface area contributed by atoms with Gasteiger partial charge in [0.2, 0.25) is 10.0 Å². The monoisotopic (exact) mass is 271 g/mol. The molecule has 18 heavy (non-hydrogen) atoms. The average Bonchev–Trinajstić information content (AvgIpc) is 2.25. The molecule has 5 nitrogen and oxygen atoms in total. The van der Waals surface area contributed by atoms with E-state index in [4.69, 9.17) is 5.84 Å². The van der Waals surface area contributed by atoms with Gasteiger partial charge < -0.3 is 5.43 Å². The lowest BCUT2D eigenvalue weighted by Gasteiger charge is -2.14. The molecule has 0 amide bonds. The molecular weight excluding hydrogens is 250 g/mol. The van der Waals surface area contributed by atoms with Gasteiger partial charge in [0.05, 0.1) is 4.90 Å². The van der Waals surface area contributed by atoms with Gasteiger partial charge in [0.15, 0.2) is 0 Å². The Kier molecular flexibility index (Phi) is 4.72. The summed E-state index contributed by atoms with van der Waals surface area (Å²) in [6.45, 7) is 7.88. The fraction of sp³-hybridized carbons (Fsp3) is 0.500. The molecule has 0 saturated heterocycles. The minimum Gasteiger partial charge on any atom is -0.324 e. The van der Waals surface area contributed by atoms with Crippen molar-refractivity contribution in [2.24, 2.45) is 11.8 Å². The van der Waals surface area contributed by atoms with Crippen LogP contribution < -0.4 is 16.0 Å². The maximum absolute atomic E-state index is 12.2. The Hall–Kier alpha value is -1.11. The van der Waals surface area contributed by atoms with E-state index in [-0.39, 0.29) is 5.92 Å². The number of rotatable bonds is 5. The van der Waals surface area contributed by atoms with Crippen LogP contribution in [-0.4, -0.2) is 15.0 Å². The van der Waals surface area contributed by atoms with Gasteiger partial charge in [-0.2, -0.15) is 0 Å². The highest BCUT2D eigenvalue weighted by Crippen LogP contribution is 2.23. The Morgan fingerprint density at radius 2 is 1.72 bits per heavy atom. The molecule has 0 aliphatic rings. The lowest BCUT2D eigenvalue weighted by molar-refractivity contribution is 0.559. The van der Waals surface area contributed by atoms with Crippen LogP contribution in [0, 0.1) is 19.8 Å². The number of nitrogen functional groups attached to an aromatic ring is 1. The molecule has 0 saturated carbocycles. The van der Waals surface area contributed by atoms with Crippen LogP contribution >= 0.6 is 0 Å². The van der Waals surface area contributed by atoms with Gasteiger partial charge in [-0.15, -0.1) is 0 Å². The molecule has 0 aliphatic heterocycles. The SMILES string of the molecule is Cc1cc(NN)cc(C)c1S(=O)(=O)NCC(C)C. The predicted octanol–water partition coefficient (Wildman–Crippen LogP) is 1.52. The first kappa shape index (κ1) is 14.9. The smallest absolute Gasteiger partial charge is 0.241 e. The molecule has 0 aromatic heterocycles. The minimum atomic E-state index is -3.46. The van der Waals surface area contributed by atoms with Crippen molar-refractivity contribution in [2.45, 2.75) is 32.6 Å². The Bertz CT molecular complexity index is 501. The van der Waals surface area contributed by atoms with E-state index < -0.39 is 10.0 Å². The van der Waals surface area contributed by atoms with E-state index in [1.165, 1.54) is 0 Å². The first-order chi connectivity index (χ1) is 8.27. The van der Waals surface area contributed by atoms with Crippen LogP contribution in [0.25, 0.3) is 0 Å². The van der Waals surface area contributed by atoms with E-state index in [2.05, 4.69) is 10.1 Å². The fourth-order valence-electron chi connectivity index (χ4n) is 1.81. The fourth-order valence-corrected chi connectivity index (χ4v) is 3.47. The van der Waals surface area contributed by atoms with Gasteiger partial charge >= 0.3 is 0 Å².